The third-order valence-corrected chi connectivity index (χ3v) is 4.83. The maximum atomic E-state index is 11.9. The number of rotatable bonds is 7. The van der Waals surface area contributed by atoms with Crippen LogP contribution in [-0.4, -0.2) is 55.4 Å². The molecular weight excluding hydrogens is 266 g/mol. The number of likely N-dealkylation sites (N-methyl/N-ethyl adjacent to an activating group) is 1. The lowest BCUT2D eigenvalue weighted by atomic mass is 9.75. The average molecular weight is 299 g/mol. The van der Waals surface area contributed by atoms with E-state index in [1.54, 1.807) is 0 Å². The largest absolute Gasteiger partial charge is 0.396 e. The monoisotopic (exact) mass is 299 g/mol. The molecule has 1 aliphatic carbocycles. The molecular formula is C16H33N3O2. The molecule has 1 saturated carbocycles. The summed E-state index contributed by atoms with van der Waals surface area (Å²) in [5.74, 6) is 1.02. The van der Waals surface area contributed by atoms with Crippen molar-refractivity contribution in [3.63, 3.8) is 0 Å². The molecule has 0 aliphatic heterocycles. The van der Waals surface area contributed by atoms with Gasteiger partial charge in [-0.15, -0.1) is 0 Å². The molecule has 0 saturated heterocycles. The van der Waals surface area contributed by atoms with Crippen LogP contribution in [0.3, 0.4) is 0 Å². The molecule has 21 heavy (non-hydrogen) atoms. The van der Waals surface area contributed by atoms with Crippen LogP contribution in [0.15, 0.2) is 0 Å². The molecule has 0 bridgehead atoms. The fourth-order valence-corrected chi connectivity index (χ4v) is 3.25. The summed E-state index contributed by atoms with van der Waals surface area (Å²) in [6.07, 6.45) is 5.53. The van der Waals surface area contributed by atoms with E-state index in [0.717, 1.165) is 25.2 Å². The molecule has 5 heteroatoms. The van der Waals surface area contributed by atoms with Crippen molar-refractivity contribution in [1.29, 1.82) is 0 Å². The number of aliphatic hydroxyl groups is 1. The number of carbonyl (C=O) groups is 1. The van der Waals surface area contributed by atoms with Gasteiger partial charge in [0, 0.05) is 25.2 Å². The lowest BCUT2D eigenvalue weighted by Gasteiger charge is -2.45. The third-order valence-electron chi connectivity index (χ3n) is 4.83. The minimum atomic E-state index is -0.0979. The fraction of sp³-hybridized carbons (Fsp3) is 0.938. The highest BCUT2D eigenvalue weighted by Gasteiger charge is 2.37. The molecule has 1 fully saturated rings. The third kappa shape index (κ3) is 5.83. The van der Waals surface area contributed by atoms with E-state index in [1.165, 1.54) is 12.8 Å². The van der Waals surface area contributed by atoms with Crippen LogP contribution in [0.5, 0.6) is 0 Å². The van der Waals surface area contributed by atoms with Crippen molar-refractivity contribution < 1.29 is 9.90 Å². The standard InChI is InChI=1S/C16H33N3O2/c1-13-6-5-8-16(10-13,19(3)4)12-18-15(21)17-11-14(2)7-9-20/h13-14,20H,5-12H2,1-4H3,(H2,17,18,21). The van der Waals surface area contributed by atoms with Crippen molar-refractivity contribution in [3.05, 3.63) is 0 Å². The van der Waals surface area contributed by atoms with Gasteiger partial charge in [-0.2, -0.15) is 0 Å². The van der Waals surface area contributed by atoms with E-state index in [1.807, 2.05) is 6.92 Å². The van der Waals surface area contributed by atoms with Crippen molar-refractivity contribution >= 4 is 6.03 Å². The molecule has 3 atom stereocenters. The second kappa shape index (κ2) is 8.59. The van der Waals surface area contributed by atoms with E-state index in [-0.39, 0.29) is 18.2 Å². The lowest BCUT2D eigenvalue weighted by molar-refractivity contribution is 0.0773. The quantitative estimate of drug-likeness (QED) is 0.672. The van der Waals surface area contributed by atoms with Gasteiger partial charge in [0.2, 0.25) is 0 Å². The summed E-state index contributed by atoms with van der Waals surface area (Å²) < 4.78 is 0. The van der Waals surface area contributed by atoms with Gasteiger partial charge in [0.05, 0.1) is 0 Å². The maximum absolute atomic E-state index is 11.9. The Morgan fingerprint density at radius 1 is 1.43 bits per heavy atom. The first-order valence-electron chi connectivity index (χ1n) is 8.19. The van der Waals surface area contributed by atoms with E-state index in [9.17, 15) is 4.79 Å². The Hall–Kier alpha value is -0.810. The molecule has 0 aromatic rings. The summed E-state index contributed by atoms with van der Waals surface area (Å²) in [5, 5.41) is 14.8. The lowest BCUT2D eigenvalue weighted by Crippen LogP contribution is -2.56. The minimum absolute atomic E-state index is 0.0890. The Morgan fingerprint density at radius 2 is 2.14 bits per heavy atom. The zero-order chi connectivity index (χ0) is 15.9. The molecule has 0 aromatic carbocycles. The average Bonchev–Trinajstić information content (AvgIpc) is 2.43. The molecule has 0 heterocycles. The first kappa shape index (κ1) is 18.2. The van der Waals surface area contributed by atoms with Gasteiger partial charge < -0.3 is 20.6 Å². The molecule has 5 nitrogen and oxygen atoms in total. The molecule has 0 radical (unpaired) electrons. The van der Waals surface area contributed by atoms with E-state index in [4.69, 9.17) is 5.11 Å². The normalized spacial score (nSPS) is 27.4. The second-order valence-electron chi connectivity index (χ2n) is 7.00. The van der Waals surface area contributed by atoms with Crippen LogP contribution in [0.25, 0.3) is 0 Å². The number of hydrogen-bond donors (Lipinski definition) is 3. The van der Waals surface area contributed by atoms with Crippen LogP contribution in [0, 0.1) is 11.8 Å². The zero-order valence-electron chi connectivity index (χ0n) is 14.1. The van der Waals surface area contributed by atoms with Gasteiger partial charge in [-0.25, -0.2) is 4.79 Å². The Balaban J connectivity index is 2.41. The van der Waals surface area contributed by atoms with E-state index in [2.05, 4.69) is 36.6 Å². The highest BCUT2D eigenvalue weighted by molar-refractivity contribution is 5.73. The number of urea groups is 1. The maximum Gasteiger partial charge on any atom is 0.314 e. The van der Waals surface area contributed by atoms with Crippen molar-refractivity contribution in [2.45, 2.75) is 51.5 Å². The molecule has 2 amide bonds. The van der Waals surface area contributed by atoms with Crippen LogP contribution >= 0.6 is 0 Å². The number of carbonyl (C=O) groups excluding carboxylic acids is 1. The van der Waals surface area contributed by atoms with Crippen molar-refractivity contribution in [2.24, 2.45) is 11.8 Å². The number of nitrogens with one attached hydrogen (secondary N) is 2. The summed E-state index contributed by atoms with van der Waals surface area (Å²) in [6.45, 7) is 5.81. The molecule has 124 valence electrons. The van der Waals surface area contributed by atoms with Gasteiger partial charge in [-0.3, -0.25) is 0 Å². The number of nitrogens with zero attached hydrogens (tertiary/aromatic N) is 1. The van der Waals surface area contributed by atoms with Crippen LogP contribution in [0.2, 0.25) is 0 Å². The first-order chi connectivity index (χ1) is 9.89. The highest BCUT2D eigenvalue weighted by atomic mass is 16.3. The molecule has 1 rings (SSSR count). The van der Waals surface area contributed by atoms with Gasteiger partial charge in [-0.05, 0) is 45.2 Å². The molecule has 3 N–H and O–H groups in total. The predicted octanol–water partition coefficient (Wildman–Crippen LogP) is 1.81. The highest BCUT2D eigenvalue weighted by Crippen LogP contribution is 2.35. The van der Waals surface area contributed by atoms with Crippen LogP contribution in [0.4, 0.5) is 4.79 Å². The van der Waals surface area contributed by atoms with E-state index in [0.29, 0.717) is 19.0 Å². The first-order valence-corrected chi connectivity index (χ1v) is 8.19. The Bertz CT molecular complexity index is 323. The van der Waals surface area contributed by atoms with Gasteiger partial charge >= 0.3 is 6.03 Å². The number of aliphatic hydroxyl groups excluding tert-OH is 1. The van der Waals surface area contributed by atoms with Crippen LogP contribution in [0.1, 0.15) is 46.0 Å². The van der Waals surface area contributed by atoms with Crippen molar-refractivity contribution in [1.82, 2.24) is 15.5 Å². The van der Waals surface area contributed by atoms with Gasteiger partial charge in [0.15, 0.2) is 0 Å². The Morgan fingerprint density at radius 3 is 2.71 bits per heavy atom. The molecule has 1 aliphatic rings. The smallest absolute Gasteiger partial charge is 0.314 e. The number of amides is 2. The predicted molar refractivity (Wildman–Crippen MR) is 86.3 cm³/mol. The van der Waals surface area contributed by atoms with Gasteiger partial charge in [-0.1, -0.05) is 26.7 Å². The summed E-state index contributed by atoms with van der Waals surface area (Å²) in [5.41, 5.74) is 0.0890. The Labute approximate surface area is 129 Å². The van der Waals surface area contributed by atoms with E-state index < -0.39 is 0 Å². The van der Waals surface area contributed by atoms with Crippen molar-refractivity contribution in [2.75, 3.05) is 33.8 Å². The van der Waals surface area contributed by atoms with Crippen LogP contribution in [-0.2, 0) is 0 Å². The number of hydrogen-bond acceptors (Lipinski definition) is 3. The minimum Gasteiger partial charge on any atom is -0.396 e. The second-order valence-corrected chi connectivity index (χ2v) is 7.00. The summed E-state index contributed by atoms with van der Waals surface area (Å²) in [4.78, 5) is 14.2. The summed E-state index contributed by atoms with van der Waals surface area (Å²) in [6, 6.07) is -0.0979. The molecule has 0 aromatic heterocycles. The van der Waals surface area contributed by atoms with E-state index >= 15 is 0 Å². The Kier molecular flexibility index (Phi) is 7.46. The van der Waals surface area contributed by atoms with Gasteiger partial charge in [0.1, 0.15) is 0 Å². The fourth-order valence-electron chi connectivity index (χ4n) is 3.25. The zero-order valence-corrected chi connectivity index (χ0v) is 14.1. The SMILES string of the molecule is CC(CCO)CNC(=O)NCC1(N(C)C)CCCC(C)C1. The van der Waals surface area contributed by atoms with Crippen molar-refractivity contribution in [3.8, 4) is 0 Å². The van der Waals surface area contributed by atoms with Crippen LogP contribution < -0.4 is 10.6 Å². The molecule has 0 spiro atoms. The molecule has 3 unspecified atom stereocenters. The summed E-state index contributed by atoms with van der Waals surface area (Å²) in [7, 11) is 4.22. The van der Waals surface area contributed by atoms with Gasteiger partial charge in [0.25, 0.3) is 0 Å². The topological polar surface area (TPSA) is 64.6 Å². The summed E-state index contributed by atoms with van der Waals surface area (Å²) >= 11 is 0.